The van der Waals surface area contributed by atoms with Crippen LogP contribution < -0.4 is 4.90 Å². The van der Waals surface area contributed by atoms with Gasteiger partial charge in [0, 0.05) is 17.3 Å². The van der Waals surface area contributed by atoms with Crippen LogP contribution in [0.25, 0.3) is 16.1 Å². The molecule has 2 aromatic carbocycles. The number of carbonyl (C=O) groups excluding carboxylic acids is 1. The highest BCUT2D eigenvalue weighted by atomic mass is 35.5. The second-order valence-electron chi connectivity index (χ2n) is 5.36. The summed E-state index contributed by atoms with van der Waals surface area (Å²) in [5.41, 5.74) is 0.465. The van der Waals surface area contributed by atoms with Gasteiger partial charge in [0.05, 0.1) is 15.7 Å². The molecule has 3 aromatic rings. The third-order valence-corrected chi connectivity index (χ3v) is 4.45. The summed E-state index contributed by atoms with van der Waals surface area (Å²) in [4.78, 5) is 17.5. The van der Waals surface area contributed by atoms with E-state index in [1.807, 2.05) is 0 Å². The largest absolute Gasteiger partial charge is 0.427 e. The van der Waals surface area contributed by atoms with Crippen molar-refractivity contribution in [2.75, 3.05) is 11.4 Å². The van der Waals surface area contributed by atoms with Crippen LogP contribution in [-0.4, -0.2) is 27.6 Å². The number of hydrogen-bond acceptors (Lipinski definition) is 3. The molecule has 136 valence electrons. The molecule has 3 rings (SSSR count). The van der Waals surface area contributed by atoms with Gasteiger partial charge < -0.3 is 4.85 Å². The third kappa shape index (κ3) is 3.37. The van der Waals surface area contributed by atoms with E-state index in [-0.39, 0.29) is 33.8 Å². The van der Waals surface area contributed by atoms with E-state index >= 15 is 0 Å². The molecule has 0 unspecified atom stereocenters. The Morgan fingerprint density at radius 1 is 1.22 bits per heavy atom. The number of anilines is 1. The fourth-order valence-electron chi connectivity index (χ4n) is 2.59. The predicted molar refractivity (Wildman–Crippen MR) is 102 cm³/mol. The molecule has 1 aromatic heterocycles. The van der Waals surface area contributed by atoms with Crippen LogP contribution in [0.4, 0.5) is 20.7 Å². The van der Waals surface area contributed by atoms with Crippen molar-refractivity contribution in [1.82, 2.24) is 15.0 Å². The molecule has 6 nitrogen and oxygen atoms in total. The summed E-state index contributed by atoms with van der Waals surface area (Å²) in [7, 11) is 0. The van der Waals surface area contributed by atoms with E-state index in [1.54, 1.807) is 31.2 Å². The van der Waals surface area contributed by atoms with Crippen molar-refractivity contribution < 1.29 is 9.18 Å². The SMILES string of the molecule is [C-]#[N+]c1c(-c2c(Cl)cccc2Cl)nnn1C(=O)N(CC)c1ccccc1F. The van der Waals surface area contributed by atoms with E-state index in [0.29, 0.717) is 5.56 Å². The first-order valence-electron chi connectivity index (χ1n) is 7.83. The minimum absolute atomic E-state index is 0.0776. The molecule has 0 N–H and O–H groups in total. The number of para-hydroxylation sites is 1. The maximum atomic E-state index is 14.1. The van der Waals surface area contributed by atoms with Gasteiger partial charge in [0.15, 0.2) is 0 Å². The first kappa shape index (κ1) is 18.8. The molecule has 0 spiro atoms. The summed E-state index contributed by atoms with van der Waals surface area (Å²) in [5.74, 6) is -0.726. The van der Waals surface area contributed by atoms with Crippen molar-refractivity contribution in [2.24, 2.45) is 0 Å². The van der Waals surface area contributed by atoms with Gasteiger partial charge in [-0.2, -0.15) is 0 Å². The highest BCUT2D eigenvalue weighted by molar-refractivity contribution is 6.39. The Bertz CT molecular complexity index is 1040. The van der Waals surface area contributed by atoms with Gasteiger partial charge in [0.25, 0.3) is 5.82 Å². The summed E-state index contributed by atoms with van der Waals surface area (Å²) < 4.78 is 14.9. The Morgan fingerprint density at radius 3 is 2.48 bits per heavy atom. The van der Waals surface area contributed by atoms with Crippen molar-refractivity contribution in [1.29, 1.82) is 0 Å². The minimum atomic E-state index is -0.712. The van der Waals surface area contributed by atoms with Crippen LogP contribution in [-0.2, 0) is 0 Å². The zero-order valence-corrected chi connectivity index (χ0v) is 15.5. The number of carbonyl (C=O) groups is 1. The number of benzene rings is 2. The molecule has 0 saturated heterocycles. The quantitative estimate of drug-likeness (QED) is 0.547. The smallest absolute Gasteiger partial charge is 0.360 e. The highest BCUT2D eigenvalue weighted by Crippen LogP contribution is 2.38. The molecule has 1 heterocycles. The van der Waals surface area contributed by atoms with Gasteiger partial charge >= 0.3 is 6.03 Å². The maximum absolute atomic E-state index is 14.1. The van der Waals surface area contributed by atoms with Crippen molar-refractivity contribution in [3.8, 4) is 11.3 Å². The summed E-state index contributed by atoms with van der Waals surface area (Å²) in [5, 5.41) is 8.26. The average Bonchev–Trinajstić information content (AvgIpc) is 3.07. The van der Waals surface area contributed by atoms with Crippen LogP contribution in [0.15, 0.2) is 42.5 Å². The number of aromatic nitrogens is 3. The van der Waals surface area contributed by atoms with Crippen molar-refractivity contribution in [2.45, 2.75) is 6.92 Å². The Hall–Kier alpha value is -2.95. The lowest BCUT2D eigenvalue weighted by molar-refractivity contribution is 0.245. The zero-order chi connectivity index (χ0) is 19.6. The molecular weight excluding hydrogens is 392 g/mol. The number of halogens is 3. The summed E-state index contributed by atoms with van der Waals surface area (Å²) in [6, 6.07) is 9.97. The molecule has 0 aliphatic heterocycles. The van der Waals surface area contributed by atoms with Crippen LogP contribution >= 0.6 is 23.2 Å². The normalized spacial score (nSPS) is 10.5. The molecule has 0 atom stereocenters. The van der Waals surface area contributed by atoms with Gasteiger partial charge in [-0.05, 0) is 31.2 Å². The van der Waals surface area contributed by atoms with Gasteiger partial charge in [-0.1, -0.05) is 52.7 Å². The number of amides is 1. The zero-order valence-electron chi connectivity index (χ0n) is 14.0. The molecule has 0 radical (unpaired) electrons. The van der Waals surface area contributed by atoms with Crippen LogP contribution in [0, 0.1) is 12.4 Å². The van der Waals surface area contributed by atoms with E-state index in [4.69, 9.17) is 29.8 Å². The predicted octanol–water partition coefficient (Wildman–Crippen LogP) is 5.44. The molecule has 0 aliphatic carbocycles. The standard InChI is InChI=1S/C18H12Cl2FN5O/c1-3-25(14-10-5-4-9-13(14)21)18(27)26-17(22-2)16(23-24-26)15-11(19)7-6-8-12(15)20/h4-10H,3H2,1H3. The van der Waals surface area contributed by atoms with Crippen LogP contribution in [0.1, 0.15) is 6.92 Å². The van der Waals surface area contributed by atoms with E-state index in [9.17, 15) is 9.18 Å². The highest BCUT2D eigenvalue weighted by Gasteiger charge is 2.29. The fourth-order valence-corrected chi connectivity index (χ4v) is 3.16. The lowest BCUT2D eigenvalue weighted by atomic mass is 10.1. The molecule has 0 bridgehead atoms. The van der Waals surface area contributed by atoms with Gasteiger partial charge in [-0.25, -0.2) is 9.18 Å². The van der Waals surface area contributed by atoms with E-state index in [0.717, 1.165) is 9.58 Å². The molecular formula is C18H12Cl2FN5O. The molecule has 0 saturated carbocycles. The first-order valence-corrected chi connectivity index (χ1v) is 8.59. The third-order valence-electron chi connectivity index (χ3n) is 3.82. The number of nitrogens with zero attached hydrogens (tertiary/aromatic N) is 5. The average molecular weight is 404 g/mol. The first-order chi connectivity index (χ1) is 13.0. The summed E-state index contributed by atoms with van der Waals surface area (Å²) >= 11 is 12.4. The Labute approximate surface area is 164 Å². The summed E-state index contributed by atoms with van der Waals surface area (Å²) in [6.45, 7) is 9.31. The van der Waals surface area contributed by atoms with Crippen LogP contribution in [0.3, 0.4) is 0 Å². The molecule has 0 fully saturated rings. The van der Waals surface area contributed by atoms with E-state index in [2.05, 4.69) is 15.2 Å². The fraction of sp³-hybridized carbons (Fsp3) is 0.111. The molecule has 1 amide bonds. The Balaban J connectivity index is 2.11. The van der Waals surface area contributed by atoms with E-state index in [1.165, 1.54) is 18.2 Å². The topological polar surface area (TPSA) is 55.4 Å². The second-order valence-corrected chi connectivity index (χ2v) is 6.17. The summed E-state index contributed by atoms with van der Waals surface area (Å²) in [6.07, 6.45) is 0. The van der Waals surface area contributed by atoms with Gasteiger partial charge in [-0.15, -0.1) is 5.10 Å². The maximum Gasteiger partial charge on any atom is 0.427 e. The van der Waals surface area contributed by atoms with Crippen molar-refractivity contribution >= 4 is 40.7 Å². The lowest BCUT2D eigenvalue weighted by Crippen LogP contribution is -2.35. The van der Waals surface area contributed by atoms with Crippen molar-refractivity contribution in [3.05, 3.63) is 69.7 Å². The Kier molecular flexibility index (Phi) is 5.40. The van der Waals surface area contributed by atoms with E-state index < -0.39 is 11.8 Å². The number of rotatable bonds is 3. The van der Waals surface area contributed by atoms with Crippen LogP contribution in [0.2, 0.25) is 10.0 Å². The molecule has 0 aliphatic rings. The van der Waals surface area contributed by atoms with Gasteiger partial charge in [0.1, 0.15) is 11.5 Å². The number of hydrogen-bond donors (Lipinski definition) is 0. The Morgan fingerprint density at radius 2 is 1.89 bits per heavy atom. The minimum Gasteiger partial charge on any atom is -0.360 e. The molecule has 9 heteroatoms. The van der Waals surface area contributed by atoms with Gasteiger partial charge in [0.2, 0.25) is 0 Å². The lowest BCUT2D eigenvalue weighted by Gasteiger charge is -2.18. The monoisotopic (exact) mass is 403 g/mol. The molecule has 27 heavy (non-hydrogen) atoms. The van der Waals surface area contributed by atoms with Gasteiger partial charge in [-0.3, -0.25) is 4.90 Å². The van der Waals surface area contributed by atoms with Crippen LogP contribution in [0.5, 0.6) is 0 Å². The van der Waals surface area contributed by atoms with Crippen molar-refractivity contribution in [3.63, 3.8) is 0 Å². The second kappa shape index (κ2) is 7.74.